The second-order valence-electron chi connectivity index (χ2n) is 6.87. The summed E-state index contributed by atoms with van der Waals surface area (Å²) in [7, 11) is 0. The molecule has 0 spiro atoms. The van der Waals surface area contributed by atoms with E-state index in [1.54, 1.807) is 0 Å². The number of hydrogen-bond acceptors (Lipinski definition) is 0. The van der Waals surface area contributed by atoms with E-state index >= 15 is 0 Å². The minimum absolute atomic E-state index is 0.750. The predicted octanol–water partition coefficient (Wildman–Crippen LogP) is 6.12. The van der Waals surface area contributed by atoms with Gasteiger partial charge in [0.05, 0.1) is 0 Å². The van der Waals surface area contributed by atoms with Crippen molar-refractivity contribution < 1.29 is 0 Å². The number of allylic oxidation sites excluding steroid dienone is 1. The van der Waals surface area contributed by atoms with E-state index in [-0.39, 0.29) is 0 Å². The highest BCUT2D eigenvalue weighted by atomic mass is 14.4. The minimum atomic E-state index is 0.750. The molecule has 104 valence electrons. The van der Waals surface area contributed by atoms with Crippen molar-refractivity contribution >= 4 is 0 Å². The molecule has 2 fully saturated rings. The molecule has 0 bridgehead atoms. The molecule has 0 aliphatic heterocycles. The van der Waals surface area contributed by atoms with Crippen LogP contribution in [-0.4, -0.2) is 0 Å². The van der Waals surface area contributed by atoms with Gasteiger partial charge in [-0.25, -0.2) is 0 Å². The summed E-state index contributed by atoms with van der Waals surface area (Å²) in [6.07, 6.45) is 20.0. The topological polar surface area (TPSA) is 0 Å². The van der Waals surface area contributed by atoms with Gasteiger partial charge in [0.2, 0.25) is 0 Å². The first-order valence-corrected chi connectivity index (χ1v) is 8.43. The maximum absolute atomic E-state index is 3.99. The molecule has 0 heteroatoms. The second kappa shape index (κ2) is 6.78. The summed E-state index contributed by atoms with van der Waals surface area (Å²) < 4.78 is 0. The Balaban J connectivity index is 1.97. The molecule has 0 aromatic heterocycles. The quantitative estimate of drug-likeness (QED) is 0.514. The van der Waals surface area contributed by atoms with Gasteiger partial charge in [0, 0.05) is 0 Å². The average molecular weight is 248 g/mol. The summed E-state index contributed by atoms with van der Waals surface area (Å²) in [4.78, 5) is 0. The Bertz CT molecular complexity index is 239. The summed E-state index contributed by atoms with van der Waals surface area (Å²) in [5, 5.41) is 0. The van der Waals surface area contributed by atoms with E-state index in [0.717, 1.165) is 17.3 Å². The first-order chi connectivity index (χ1) is 8.80. The van der Waals surface area contributed by atoms with Crippen LogP contribution in [-0.2, 0) is 0 Å². The first kappa shape index (κ1) is 14.2. The lowest BCUT2D eigenvalue weighted by Crippen LogP contribution is -2.35. The van der Waals surface area contributed by atoms with E-state index in [0.29, 0.717) is 0 Å². The fourth-order valence-electron chi connectivity index (χ4n) is 4.61. The predicted molar refractivity (Wildman–Crippen MR) is 80.7 cm³/mol. The van der Waals surface area contributed by atoms with Crippen molar-refractivity contribution in [3.63, 3.8) is 0 Å². The molecule has 0 nitrogen and oxygen atoms in total. The van der Waals surface area contributed by atoms with Crippen molar-refractivity contribution in [1.82, 2.24) is 0 Å². The van der Waals surface area contributed by atoms with E-state index in [2.05, 4.69) is 19.6 Å². The normalized spacial score (nSPS) is 32.1. The van der Waals surface area contributed by atoms with E-state index in [1.807, 2.05) is 0 Å². The minimum Gasteiger partial charge on any atom is -0.103 e. The highest BCUT2D eigenvalue weighted by Gasteiger charge is 2.40. The molecular weight excluding hydrogens is 216 g/mol. The zero-order chi connectivity index (χ0) is 12.8. The molecule has 0 saturated heterocycles. The third-order valence-corrected chi connectivity index (χ3v) is 5.85. The molecule has 0 aromatic rings. The molecule has 0 heterocycles. The number of hydrogen-bond donors (Lipinski definition) is 0. The fraction of sp³-hybridized carbons (Fsp3) is 0.889. The SMILES string of the molecule is C=CC1CCC(C2(CCCC)CCCCC2)CC1. The van der Waals surface area contributed by atoms with E-state index in [1.165, 1.54) is 77.0 Å². The van der Waals surface area contributed by atoms with Gasteiger partial charge in [-0.3, -0.25) is 0 Å². The van der Waals surface area contributed by atoms with E-state index in [9.17, 15) is 0 Å². The van der Waals surface area contributed by atoms with Crippen LogP contribution < -0.4 is 0 Å². The lowest BCUT2D eigenvalue weighted by molar-refractivity contribution is 0.0486. The Morgan fingerprint density at radius 3 is 2.28 bits per heavy atom. The molecule has 0 atom stereocenters. The van der Waals surface area contributed by atoms with Crippen LogP contribution in [0.15, 0.2) is 12.7 Å². The average Bonchev–Trinajstić information content (AvgIpc) is 2.46. The molecule has 0 unspecified atom stereocenters. The summed E-state index contributed by atoms with van der Waals surface area (Å²) in [5.41, 5.74) is 0.750. The van der Waals surface area contributed by atoms with Crippen molar-refractivity contribution in [2.24, 2.45) is 17.3 Å². The van der Waals surface area contributed by atoms with Gasteiger partial charge in [0.1, 0.15) is 0 Å². The molecule has 2 rings (SSSR count). The van der Waals surface area contributed by atoms with Gasteiger partial charge in [-0.05, 0) is 62.2 Å². The van der Waals surface area contributed by atoms with Crippen LogP contribution in [0.4, 0.5) is 0 Å². The number of rotatable bonds is 5. The highest BCUT2D eigenvalue weighted by molar-refractivity contribution is 4.93. The molecule has 0 amide bonds. The van der Waals surface area contributed by atoms with Crippen molar-refractivity contribution in [3.8, 4) is 0 Å². The highest BCUT2D eigenvalue weighted by Crippen LogP contribution is 2.52. The Hall–Kier alpha value is -0.260. The van der Waals surface area contributed by atoms with Crippen LogP contribution >= 0.6 is 0 Å². The Labute approximate surface area is 114 Å². The van der Waals surface area contributed by atoms with Crippen LogP contribution in [0.2, 0.25) is 0 Å². The van der Waals surface area contributed by atoms with Gasteiger partial charge in [-0.15, -0.1) is 6.58 Å². The zero-order valence-corrected chi connectivity index (χ0v) is 12.4. The summed E-state index contributed by atoms with van der Waals surface area (Å²) in [6.45, 7) is 6.34. The third kappa shape index (κ3) is 3.19. The third-order valence-electron chi connectivity index (χ3n) is 5.85. The van der Waals surface area contributed by atoms with Crippen LogP contribution in [0.25, 0.3) is 0 Å². The van der Waals surface area contributed by atoms with Gasteiger partial charge in [-0.2, -0.15) is 0 Å². The zero-order valence-electron chi connectivity index (χ0n) is 12.4. The first-order valence-electron chi connectivity index (χ1n) is 8.43. The fourth-order valence-corrected chi connectivity index (χ4v) is 4.61. The molecule has 0 radical (unpaired) electrons. The van der Waals surface area contributed by atoms with Crippen molar-refractivity contribution in [2.45, 2.75) is 84.0 Å². The second-order valence-corrected chi connectivity index (χ2v) is 6.87. The molecular formula is C18H32. The van der Waals surface area contributed by atoms with E-state index in [4.69, 9.17) is 0 Å². The molecule has 2 aliphatic carbocycles. The van der Waals surface area contributed by atoms with Gasteiger partial charge in [0.15, 0.2) is 0 Å². The lowest BCUT2D eigenvalue weighted by atomic mass is 9.59. The van der Waals surface area contributed by atoms with Gasteiger partial charge >= 0.3 is 0 Å². The van der Waals surface area contributed by atoms with Crippen molar-refractivity contribution in [1.29, 1.82) is 0 Å². The Morgan fingerprint density at radius 1 is 1.06 bits per heavy atom. The molecule has 18 heavy (non-hydrogen) atoms. The van der Waals surface area contributed by atoms with Crippen LogP contribution in [0.1, 0.15) is 84.0 Å². The molecule has 0 N–H and O–H groups in total. The van der Waals surface area contributed by atoms with Gasteiger partial charge in [-0.1, -0.05) is 45.1 Å². The summed E-state index contributed by atoms with van der Waals surface area (Å²) >= 11 is 0. The Morgan fingerprint density at radius 2 is 1.72 bits per heavy atom. The van der Waals surface area contributed by atoms with Crippen LogP contribution in [0.5, 0.6) is 0 Å². The largest absolute Gasteiger partial charge is 0.103 e. The monoisotopic (exact) mass is 248 g/mol. The summed E-state index contributed by atoms with van der Waals surface area (Å²) in [6, 6.07) is 0. The summed E-state index contributed by atoms with van der Waals surface area (Å²) in [5.74, 6) is 1.87. The lowest BCUT2D eigenvalue weighted by Gasteiger charge is -2.47. The maximum atomic E-state index is 3.99. The maximum Gasteiger partial charge on any atom is -0.0236 e. The standard InChI is InChI=1S/C18H32/c1-3-5-13-18(14-7-6-8-15-18)17-11-9-16(4-2)10-12-17/h4,16-17H,2-3,5-15H2,1H3. The van der Waals surface area contributed by atoms with Crippen molar-refractivity contribution in [3.05, 3.63) is 12.7 Å². The van der Waals surface area contributed by atoms with Crippen LogP contribution in [0.3, 0.4) is 0 Å². The van der Waals surface area contributed by atoms with Gasteiger partial charge < -0.3 is 0 Å². The van der Waals surface area contributed by atoms with Crippen LogP contribution in [0, 0.1) is 17.3 Å². The molecule has 0 aromatic carbocycles. The van der Waals surface area contributed by atoms with Gasteiger partial charge in [0.25, 0.3) is 0 Å². The Kier molecular flexibility index (Phi) is 5.33. The smallest absolute Gasteiger partial charge is 0.0236 e. The number of unbranched alkanes of at least 4 members (excludes halogenated alkanes) is 1. The molecule has 2 saturated carbocycles. The van der Waals surface area contributed by atoms with E-state index < -0.39 is 0 Å². The molecule has 2 aliphatic rings. The van der Waals surface area contributed by atoms with Crippen molar-refractivity contribution in [2.75, 3.05) is 0 Å².